The number of hydrogen-bond donors (Lipinski definition) is 2. The summed E-state index contributed by atoms with van der Waals surface area (Å²) in [5.41, 5.74) is 2.60. The van der Waals surface area contributed by atoms with Gasteiger partial charge in [0, 0.05) is 7.05 Å². The minimum Gasteiger partial charge on any atom is -0.482 e. The molecule has 158 valence electrons. The van der Waals surface area contributed by atoms with Crippen LogP contribution < -0.4 is 15.4 Å². The largest absolute Gasteiger partial charge is 0.482 e. The van der Waals surface area contributed by atoms with Crippen LogP contribution in [-0.2, 0) is 26.0 Å². The summed E-state index contributed by atoms with van der Waals surface area (Å²) >= 11 is 0. The van der Waals surface area contributed by atoms with Crippen LogP contribution in [-0.4, -0.2) is 44.7 Å². The van der Waals surface area contributed by atoms with Crippen LogP contribution in [0.2, 0.25) is 0 Å². The Morgan fingerprint density at radius 1 is 1.27 bits per heavy atom. The van der Waals surface area contributed by atoms with E-state index < -0.39 is 10.0 Å². The molecule has 0 aromatic heterocycles. The highest BCUT2D eigenvalue weighted by Crippen LogP contribution is 2.31. The SMILES string of the molecule is CN(CC(=O)N[C@H]1CCCc2ccccc21)S(=O)(=O)c1ccc2c(c1)NC(=O)CO2. The maximum atomic E-state index is 12.9. The number of hydrogen-bond acceptors (Lipinski definition) is 5. The van der Waals surface area contributed by atoms with Gasteiger partial charge < -0.3 is 15.4 Å². The molecular weight excluding hydrogens is 406 g/mol. The lowest BCUT2D eigenvalue weighted by molar-refractivity contribution is -0.122. The Bertz CT molecular complexity index is 1100. The van der Waals surface area contributed by atoms with E-state index in [-0.39, 0.29) is 35.9 Å². The van der Waals surface area contributed by atoms with Gasteiger partial charge in [-0.15, -0.1) is 0 Å². The smallest absolute Gasteiger partial charge is 0.262 e. The lowest BCUT2D eigenvalue weighted by Crippen LogP contribution is -2.40. The molecule has 0 bridgehead atoms. The second-order valence-corrected chi connectivity index (χ2v) is 9.51. The Kier molecular flexibility index (Phi) is 5.48. The number of carbonyl (C=O) groups is 2. The Morgan fingerprint density at radius 2 is 2.07 bits per heavy atom. The van der Waals surface area contributed by atoms with Crippen molar-refractivity contribution in [2.24, 2.45) is 0 Å². The number of likely N-dealkylation sites (N-methyl/N-ethyl adjacent to an activating group) is 1. The number of anilines is 1. The molecule has 4 rings (SSSR count). The molecule has 2 aliphatic rings. The zero-order chi connectivity index (χ0) is 21.3. The summed E-state index contributed by atoms with van der Waals surface area (Å²) in [7, 11) is -2.56. The highest BCUT2D eigenvalue weighted by Gasteiger charge is 2.27. The van der Waals surface area contributed by atoms with Crippen molar-refractivity contribution >= 4 is 27.5 Å². The van der Waals surface area contributed by atoms with Crippen molar-refractivity contribution in [1.82, 2.24) is 9.62 Å². The van der Waals surface area contributed by atoms with E-state index in [1.54, 1.807) is 0 Å². The molecule has 0 unspecified atom stereocenters. The van der Waals surface area contributed by atoms with E-state index in [2.05, 4.69) is 16.7 Å². The highest BCUT2D eigenvalue weighted by atomic mass is 32.2. The van der Waals surface area contributed by atoms with Crippen LogP contribution in [0.3, 0.4) is 0 Å². The molecule has 9 heteroatoms. The average Bonchev–Trinajstić information content (AvgIpc) is 2.73. The van der Waals surface area contributed by atoms with Crippen LogP contribution in [0.1, 0.15) is 30.0 Å². The lowest BCUT2D eigenvalue weighted by Gasteiger charge is -2.27. The maximum absolute atomic E-state index is 12.9. The first kappa shape index (κ1) is 20.4. The molecule has 2 N–H and O–H groups in total. The molecule has 2 aromatic rings. The fraction of sp³-hybridized carbons (Fsp3) is 0.333. The summed E-state index contributed by atoms with van der Waals surface area (Å²) in [5.74, 6) is -0.306. The Balaban J connectivity index is 1.46. The normalized spacial score (nSPS) is 18.1. The number of benzene rings is 2. The molecule has 0 saturated heterocycles. The molecule has 1 heterocycles. The van der Waals surface area contributed by atoms with E-state index >= 15 is 0 Å². The number of sulfonamides is 1. The quantitative estimate of drug-likeness (QED) is 0.755. The van der Waals surface area contributed by atoms with Gasteiger partial charge >= 0.3 is 0 Å². The van der Waals surface area contributed by atoms with Gasteiger partial charge in [-0.1, -0.05) is 24.3 Å². The van der Waals surface area contributed by atoms with E-state index in [1.807, 2.05) is 18.2 Å². The van der Waals surface area contributed by atoms with Crippen LogP contribution in [0.15, 0.2) is 47.4 Å². The van der Waals surface area contributed by atoms with Gasteiger partial charge in [0.05, 0.1) is 23.2 Å². The fourth-order valence-corrected chi connectivity index (χ4v) is 4.99. The second-order valence-electron chi connectivity index (χ2n) is 7.47. The molecule has 0 fully saturated rings. The molecule has 0 radical (unpaired) electrons. The molecule has 1 aliphatic carbocycles. The molecule has 1 atom stereocenters. The van der Waals surface area contributed by atoms with Crippen molar-refractivity contribution < 1.29 is 22.7 Å². The summed E-state index contributed by atoms with van der Waals surface area (Å²) in [6.07, 6.45) is 2.78. The summed E-state index contributed by atoms with van der Waals surface area (Å²) in [6, 6.07) is 12.1. The summed E-state index contributed by atoms with van der Waals surface area (Å²) in [6.45, 7) is -0.412. The summed E-state index contributed by atoms with van der Waals surface area (Å²) in [4.78, 5) is 24.1. The molecule has 8 nitrogen and oxygen atoms in total. The third kappa shape index (κ3) is 4.03. The second kappa shape index (κ2) is 8.08. The van der Waals surface area contributed by atoms with E-state index in [9.17, 15) is 18.0 Å². The van der Waals surface area contributed by atoms with Crippen LogP contribution in [0.4, 0.5) is 5.69 Å². The van der Waals surface area contributed by atoms with E-state index in [1.165, 1.54) is 30.8 Å². The van der Waals surface area contributed by atoms with Gasteiger partial charge in [-0.2, -0.15) is 4.31 Å². The molecule has 2 amide bonds. The Morgan fingerprint density at radius 3 is 2.90 bits per heavy atom. The molecule has 1 aliphatic heterocycles. The van der Waals surface area contributed by atoms with Crippen molar-refractivity contribution in [3.05, 3.63) is 53.6 Å². The highest BCUT2D eigenvalue weighted by molar-refractivity contribution is 7.89. The van der Waals surface area contributed by atoms with Gasteiger partial charge in [-0.05, 0) is 48.6 Å². The first-order valence-corrected chi connectivity index (χ1v) is 11.2. The number of rotatable bonds is 5. The number of fused-ring (bicyclic) bond motifs is 2. The Labute approximate surface area is 175 Å². The number of nitrogens with one attached hydrogen (secondary N) is 2. The van der Waals surface area contributed by atoms with Crippen LogP contribution in [0, 0.1) is 0 Å². The number of amides is 2. The lowest BCUT2D eigenvalue weighted by atomic mass is 9.88. The molecule has 2 aromatic carbocycles. The number of carbonyl (C=O) groups excluding carboxylic acids is 2. The van der Waals surface area contributed by atoms with Gasteiger partial charge in [0.1, 0.15) is 5.75 Å². The molecule has 0 saturated carbocycles. The zero-order valence-corrected chi connectivity index (χ0v) is 17.4. The number of ether oxygens (including phenoxy) is 1. The van der Waals surface area contributed by atoms with Crippen molar-refractivity contribution in [1.29, 1.82) is 0 Å². The third-order valence-electron chi connectivity index (χ3n) is 5.36. The number of aryl methyl sites for hydroxylation is 1. The minimum atomic E-state index is -3.92. The maximum Gasteiger partial charge on any atom is 0.262 e. The first-order chi connectivity index (χ1) is 14.3. The zero-order valence-electron chi connectivity index (χ0n) is 16.6. The van der Waals surface area contributed by atoms with E-state index in [4.69, 9.17) is 4.74 Å². The van der Waals surface area contributed by atoms with Gasteiger partial charge in [0.2, 0.25) is 15.9 Å². The monoisotopic (exact) mass is 429 g/mol. The molecular formula is C21H23N3O5S. The minimum absolute atomic E-state index is 0.0228. The fourth-order valence-electron chi connectivity index (χ4n) is 3.83. The topological polar surface area (TPSA) is 105 Å². The third-order valence-corrected chi connectivity index (χ3v) is 7.16. The van der Waals surface area contributed by atoms with E-state index in [0.29, 0.717) is 11.4 Å². The van der Waals surface area contributed by atoms with Gasteiger partial charge in [0.15, 0.2) is 6.61 Å². The van der Waals surface area contributed by atoms with Crippen molar-refractivity contribution in [3.8, 4) is 5.75 Å². The van der Waals surface area contributed by atoms with Crippen LogP contribution in [0.25, 0.3) is 0 Å². The van der Waals surface area contributed by atoms with Crippen molar-refractivity contribution in [2.45, 2.75) is 30.2 Å². The van der Waals surface area contributed by atoms with Crippen molar-refractivity contribution in [3.63, 3.8) is 0 Å². The first-order valence-electron chi connectivity index (χ1n) is 9.75. The van der Waals surface area contributed by atoms with Gasteiger partial charge in [0.25, 0.3) is 5.91 Å². The average molecular weight is 429 g/mol. The molecule has 0 spiro atoms. The van der Waals surface area contributed by atoms with Gasteiger partial charge in [-0.25, -0.2) is 8.42 Å². The van der Waals surface area contributed by atoms with E-state index in [0.717, 1.165) is 29.1 Å². The molecule has 30 heavy (non-hydrogen) atoms. The summed E-state index contributed by atoms with van der Waals surface area (Å²) < 4.78 is 32.1. The van der Waals surface area contributed by atoms with Crippen molar-refractivity contribution in [2.75, 3.05) is 25.5 Å². The Hall–Kier alpha value is -2.91. The van der Waals surface area contributed by atoms with Crippen LogP contribution in [0.5, 0.6) is 5.75 Å². The van der Waals surface area contributed by atoms with Gasteiger partial charge in [-0.3, -0.25) is 9.59 Å². The predicted octanol–water partition coefficient (Wildman–Crippen LogP) is 1.83. The number of nitrogens with zero attached hydrogens (tertiary/aromatic N) is 1. The standard InChI is InChI=1S/C21H23N3O5S/c1-24(12-20(25)22-17-8-4-6-14-5-2-3-7-16(14)17)30(27,28)15-9-10-19-18(11-15)23-21(26)13-29-19/h2-3,5,7,9-11,17H,4,6,8,12-13H2,1H3,(H,22,25)(H,23,26)/t17-/m0/s1. The van der Waals surface area contributed by atoms with Crippen LogP contribution >= 0.6 is 0 Å². The summed E-state index contributed by atoms with van der Waals surface area (Å²) in [5, 5.41) is 5.55. The predicted molar refractivity (Wildman–Crippen MR) is 111 cm³/mol.